The van der Waals surface area contributed by atoms with Gasteiger partial charge in [-0.05, 0) is 18.6 Å². The molecule has 1 amide bonds. The second kappa shape index (κ2) is 9.21. The van der Waals surface area contributed by atoms with Gasteiger partial charge in [0.1, 0.15) is 6.54 Å². The first kappa shape index (κ1) is 22.3. The lowest BCUT2D eigenvalue weighted by Gasteiger charge is -2.14. The van der Waals surface area contributed by atoms with Crippen molar-refractivity contribution < 1.29 is 22.9 Å². The van der Waals surface area contributed by atoms with Crippen LogP contribution in [-0.2, 0) is 11.3 Å². The van der Waals surface area contributed by atoms with Gasteiger partial charge in [0.15, 0.2) is 5.16 Å². The van der Waals surface area contributed by atoms with E-state index in [9.17, 15) is 28.1 Å². The molecule has 3 rings (SSSR count). The van der Waals surface area contributed by atoms with E-state index in [0.29, 0.717) is 5.56 Å². The van der Waals surface area contributed by atoms with E-state index in [2.05, 4.69) is 10.3 Å². The molecule has 162 valence electrons. The van der Waals surface area contributed by atoms with Crippen molar-refractivity contribution in [3.8, 4) is 11.3 Å². The second-order valence-electron chi connectivity index (χ2n) is 6.54. The van der Waals surface area contributed by atoms with E-state index in [4.69, 9.17) is 0 Å². The summed E-state index contributed by atoms with van der Waals surface area (Å²) in [6, 6.07) is 12.8. The van der Waals surface area contributed by atoms with Crippen LogP contribution in [0.5, 0.6) is 0 Å². The van der Waals surface area contributed by atoms with Gasteiger partial charge in [0, 0.05) is 6.07 Å². The minimum atomic E-state index is -4.47. The van der Waals surface area contributed by atoms with Crippen LogP contribution >= 0.6 is 11.8 Å². The number of benzene rings is 2. The molecule has 0 saturated heterocycles. The number of amides is 1. The topological polar surface area (TPSA) is 90.1 Å². The number of imidazole rings is 1. The van der Waals surface area contributed by atoms with Crippen molar-refractivity contribution in [1.29, 1.82) is 0 Å². The summed E-state index contributed by atoms with van der Waals surface area (Å²) in [6.07, 6.45) is -3.13. The number of alkyl halides is 3. The third kappa shape index (κ3) is 5.63. The zero-order valence-electron chi connectivity index (χ0n) is 16.2. The van der Waals surface area contributed by atoms with Crippen molar-refractivity contribution in [2.24, 2.45) is 0 Å². The van der Waals surface area contributed by atoms with Crippen molar-refractivity contribution in [3.63, 3.8) is 0 Å². The average Bonchev–Trinajstić information content (AvgIpc) is 3.09. The van der Waals surface area contributed by atoms with Crippen LogP contribution in [0, 0.1) is 17.0 Å². The Morgan fingerprint density at radius 3 is 2.55 bits per heavy atom. The number of anilines is 1. The molecule has 31 heavy (non-hydrogen) atoms. The minimum absolute atomic E-state index is 0.0436. The number of hydrogen-bond acceptors (Lipinski definition) is 5. The van der Waals surface area contributed by atoms with Gasteiger partial charge in [0.05, 0.1) is 33.8 Å². The molecule has 0 bridgehead atoms. The number of halogens is 3. The van der Waals surface area contributed by atoms with Crippen LogP contribution in [-0.4, -0.2) is 32.3 Å². The van der Waals surface area contributed by atoms with E-state index < -0.39 is 23.6 Å². The highest BCUT2D eigenvalue weighted by Gasteiger charge is 2.31. The highest BCUT2D eigenvalue weighted by molar-refractivity contribution is 7.99. The highest BCUT2D eigenvalue weighted by Crippen LogP contribution is 2.30. The summed E-state index contributed by atoms with van der Waals surface area (Å²) in [4.78, 5) is 26.9. The first-order valence-corrected chi connectivity index (χ1v) is 9.98. The SMILES string of the molecule is Cc1c(NC(=O)CSc2ncc(-c3ccccc3)n2CC(F)(F)F)cccc1[N+](=O)[O-]. The number of carbonyl (C=O) groups excluding carboxylic acids is 1. The van der Waals surface area contributed by atoms with Gasteiger partial charge < -0.3 is 9.88 Å². The molecule has 0 fully saturated rings. The standard InChI is InChI=1S/C20H17F3N4O3S/c1-13-15(8-5-9-16(13)27(29)30)25-18(28)11-31-19-24-10-17(14-6-3-2-4-7-14)26(19)12-20(21,22)23/h2-10H,11-12H2,1H3,(H,25,28). The van der Waals surface area contributed by atoms with Gasteiger partial charge in [-0.2, -0.15) is 13.2 Å². The second-order valence-corrected chi connectivity index (χ2v) is 7.48. The van der Waals surface area contributed by atoms with Crippen LogP contribution in [0.1, 0.15) is 5.56 Å². The molecular weight excluding hydrogens is 433 g/mol. The van der Waals surface area contributed by atoms with Crippen molar-refractivity contribution in [3.05, 3.63) is 70.4 Å². The van der Waals surface area contributed by atoms with E-state index in [1.54, 1.807) is 30.3 Å². The molecular formula is C20H17F3N4O3S. The fourth-order valence-electron chi connectivity index (χ4n) is 2.92. The zero-order valence-corrected chi connectivity index (χ0v) is 17.0. The van der Waals surface area contributed by atoms with Gasteiger partial charge in [-0.3, -0.25) is 14.9 Å². The molecule has 1 N–H and O–H groups in total. The number of carbonyl (C=O) groups is 1. The Hall–Kier alpha value is -3.34. The lowest BCUT2D eigenvalue weighted by Crippen LogP contribution is -2.20. The average molecular weight is 450 g/mol. The zero-order chi connectivity index (χ0) is 22.6. The number of thioether (sulfide) groups is 1. The molecule has 0 unspecified atom stereocenters. The molecule has 1 aromatic heterocycles. The maximum Gasteiger partial charge on any atom is 0.406 e. The number of rotatable bonds is 7. The third-order valence-electron chi connectivity index (χ3n) is 4.33. The molecule has 3 aromatic rings. The van der Waals surface area contributed by atoms with Crippen molar-refractivity contribution in [2.45, 2.75) is 24.8 Å². The normalized spacial score (nSPS) is 11.4. The molecule has 0 aliphatic rings. The lowest BCUT2D eigenvalue weighted by atomic mass is 10.1. The van der Waals surface area contributed by atoms with Gasteiger partial charge in [-0.25, -0.2) is 4.98 Å². The summed E-state index contributed by atoms with van der Waals surface area (Å²) in [5.41, 5.74) is 1.27. The fourth-order valence-corrected chi connectivity index (χ4v) is 3.70. The Kier molecular flexibility index (Phi) is 6.64. The highest BCUT2D eigenvalue weighted by atomic mass is 32.2. The first-order chi connectivity index (χ1) is 14.7. The molecule has 11 heteroatoms. The van der Waals surface area contributed by atoms with E-state index in [0.717, 1.165) is 16.3 Å². The Morgan fingerprint density at radius 2 is 1.90 bits per heavy atom. The largest absolute Gasteiger partial charge is 0.406 e. The van der Waals surface area contributed by atoms with Gasteiger partial charge in [0.2, 0.25) is 5.91 Å². The Labute approximate surface area is 179 Å². The van der Waals surface area contributed by atoms with Crippen molar-refractivity contribution >= 4 is 29.0 Å². The van der Waals surface area contributed by atoms with Crippen molar-refractivity contribution in [2.75, 3.05) is 11.1 Å². The Balaban J connectivity index is 1.77. The van der Waals surface area contributed by atoms with Crippen LogP contribution < -0.4 is 5.32 Å². The molecule has 0 aliphatic heterocycles. The number of nitrogens with one attached hydrogen (secondary N) is 1. The maximum absolute atomic E-state index is 13.1. The predicted octanol–water partition coefficient (Wildman–Crippen LogP) is 5.06. The van der Waals surface area contributed by atoms with Gasteiger partial charge >= 0.3 is 6.18 Å². The summed E-state index contributed by atoms with van der Waals surface area (Å²) in [6.45, 7) is 0.258. The summed E-state index contributed by atoms with van der Waals surface area (Å²) in [5.74, 6) is -0.734. The van der Waals surface area contributed by atoms with Gasteiger partial charge in [-0.15, -0.1) is 0 Å². The van der Waals surface area contributed by atoms with E-state index in [1.165, 1.54) is 31.3 Å². The van der Waals surface area contributed by atoms with Crippen molar-refractivity contribution in [1.82, 2.24) is 9.55 Å². The molecule has 0 aliphatic carbocycles. The quantitative estimate of drug-likeness (QED) is 0.309. The fraction of sp³-hybridized carbons (Fsp3) is 0.200. The number of nitro groups is 1. The molecule has 0 radical (unpaired) electrons. The molecule has 2 aromatic carbocycles. The number of nitro benzene ring substituents is 1. The Bertz CT molecular complexity index is 1100. The monoisotopic (exact) mass is 450 g/mol. The number of nitrogens with zero attached hydrogens (tertiary/aromatic N) is 3. The molecule has 0 spiro atoms. The molecule has 1 heterocycles. The summed E-state index contributed by atoms with van der Waals surface area (Å²) in [5, 5.41) is 13.6. The summed E-state index contributed by atoms with van der Waals surface area (Å²) in [7, 11) is 0. The van der Waals surface area contributed by atoms with E-state index in [-0.39, 0.29) is 33.5 Å². The third-order valence-corrected chi connectivity index (χ3v) is 5.32. The van der Waals surface area contributed by atoms with Crippen LogP contribution in [0.2, 0.25) is 0 Å². The smallest absolute Gasteiger partial charge is 0.325 e. The van der Waals surface area contributed by atoms with E-state index in [1.807, 2.05) is 0 Å². The number of hydrogen-bond donors (Lipinski definition) is 1. The molecule has 7 nitrogen and oxygen atoms in total. The summed E-state index contributed by atoms with van der Waals surface area (Å²) >= 11 is 0.853. The van der Waals surface area contributed by atoms with Crippen LogP contribution in [0.3, 0.4) is 0 Å². The number of aromatic nitrogens is 2. The van der Waals surface area contributed by atoms with Crippen LogP contribution in [0.4, 0.5) is 24.5 Å². The molecule has 0 saturated carbocycles. The van der Waals surface area contributed by atoms with Crippen LogP contribution in [0.25, 0.3) is 11.3 Å². The molecule has 0 atom stereocenters. The van der Waals surface area contributed by atoms with Crippen LogP contribution in [0.15, 0.2) is 59.9 Å². The van der Waals surface area contributed by atoms with E-state index >= 15 is 0 Å². The minimum Gasteiger partial charge on any atom is -0.325 e. The maximum atomic E-state index is 13.1. The predicted molar refractivity (Wildman–Crippen MR) is 111 cm³/mol. The van der Waals surface area contributed by atoms with Gasteiger partial charge in [-0.1, -0.05) is 48.2 Å². The summed E-state index contributed by atoms with van der Waals surface area (Å²) < 4.78 is 40.4. The first-order valence-electron chi connectivity index (χ1n) is 9.00. The Morgan fingerprint density at radius 1 is 1.19 bits per heavy atom. The van der Waals surface area contributed by atoms with Gasteiger partial charge in [0.25, 0.3) is 5.69 Å². The lowest BCUT2D eigenvalue weighted by molar-refractivity contribution is -0.385.